The second kappa shape index (κ2) is 7.71. The first-order valence-electron chi connectivity index (χ1n) is 10.2. The van der Waals surface area contributed by atoms with Crippen LogP contribution in [0.3, 0.4) is 0 Å². The van der Waals surface area contributed by atoms with Gasteiger partial charge in [-0.25, -0.2) is 4.98 Å². The molecular weight excluding hydrogens is 392 g/mol. The van der Waals surface area contributed by atoms with E-state index < -0.39 is 0 Å². The third-order valence-electron chi connectivity index (χ3n) is 5.86. The van der Waals surface area contributed by atoms with Crippen LogP contribution in [0.15, 0.2) is 61.1 Å². The minimum absolute atomic E-state index is 0.141. The lowest BCUT2D eigenvalue weighted by molar-refractivity contribution is 0.0613. The van der Waals surface area contributed by atoms with Crippen molar-refractivity contribution in [3.63, 3.8) is 0 Å². The third kappa shape index (κ3) is 3.46. The SMILES string of the molecule is Cn1ccnc1C(=O)N1Cc2ccccc2CC1CNC(=O)c1cccc2[nH]ncc12. The Morgan fingerprint density at radius 3 is 2.81 bits per heavy atom. The van der Waals surface area contributed by atoms with Gasteiger partial charge in [-0.15, -0.1) is 0 Å². The van der Waals surface area contributed by atoms with E-state index in [-0.39, 0.29) is 17.9 Å². The van der Waals surface area contributed by atoms with Crippen molar-refractivity contribution in [2.75, 3.05) is 6.54 Å². The molecule has 1 aliphatic rings. The largest absolute Gasteiger partial charge is 0.350 e. The number of aryl methyl sites for hydroxylation is 1. The fourth-order valence-electron chi connectivity index (χ4n) is 4.18. The van der Waals surface area contributed by atoms with Crippen molar-refractivity contribution in [3.8, 4) is 0 Å². The zero-order chi connectivity index (χ0) is 21.4. The Balaban J connectivity index is 1.40. The minimum Gasteiger partial charge on any atom is -0.350 e. The van der Waals surface area contributed by atoms with Gasteiger partial charge in [0.05, 0.1) is 23.3 Å². The highest BCUT2D eigenvalue weighted by Crippen LogP contribution is 2.25. The zero-order valence-corrected chi connectivity index (χ0v) is 17.1. The van der Waals surface area contributed by atoms with Crippen LogP contribution >= 0.6 is 0 Å². The summed E-state index contributed by atoms with van der Waals surface area (Å²) in [6.45, 7) is 0.831. The molecule has 0 saturated carbocycles. The van der Waals surface area contributed by atoms with Crippen LogP contribution in [0.1, 0.15) is 32.1 Å². The van der Waals surface area contributed by atoms with Gasteiger partial charge in [0.15, 0.2) is 5.82 Å². The van der Waals surface area contributed by atoms with Crippen molar-refractivity contribution in [3.05, 3.63) is 83.6 Å². The van der Waals surface area contributed by atoms with Crippen LogP contribution in [0.2, 0.25) is 0 Å². The first kappa shape index (κ1) is 19.0. The van der Waals surface area contributed by atoms with Gasteiger partial charge in [-0.3, -0.25) is 14.7 Å². The molecule has 31 heavy (non-hydrogen) atoms. The monoisotopic (exact) mass is 414 g/mol. The summed E-state index contributed by atoms with van der Waals surface area (Å²) in [6, 6.07) is 13.4. The number of aromatic amines is 1. The Kier molecular flexibility index (Phi) is 4.74. The van der Waals surface area contributed by atoms with Gasteiger partial charge < -0.3 is 14.8 Å². The Labute approximate surface area is 178 Å². The molecule has 0 saturated heterocycles. The zero-order valence-electron chi connectivity index (χ0n) is 17.1. The van der Waals surface area contributed by atoms with Crippen LogP contribution in [0.25, 0.3) is 10.9 Å². The van der Waals surface area contributed by atoms with E-state index in [1.807, 2.05) is 35.2 Å². The van der Waals surface area contributed by atoms with Crippen molar-refractivity contribution in [2.24, 2.45) is 7.05 Å². The molecule has 2 aromatic carbocycles. The Morgan fingerprint density at radius 2 is 2.00 bits per heavy atom. The number of H-pyrrole nitrogens is 1. The molecule has 5 rings (SSSR count). The molecule has 0 fully saturated rings. The number of hydrogen-bond acceptors (Lipinski definition) is 4. The van der Waals surface area contributed by atoms with Gasteiger partial charge in [0.25, 0.3) is 11.8 Å². The van der Waals surface area contributed by atoms with Crippen LogP contribution in [0.5, 0.6) is 0 Å². The number of nitrogens with zero attached hydrogens (tertiary/aromatic N) is 4. The van der Waals surface area contributed by atoms with Gasteiger partial charge in [0.1, 0.15) is 0 Å². The smallest absolute Gasteiger partial charge is 0.290 e. The van der Waals surface area contributed by atoms with Crippen molar-refractivity contribution in [2.45, 2.75) is 19.0 Å². The number of nitrogens with one attached hydrogen (secondary N) is 2. The van der Waals surface area contributed by atoms with Crippen molar-refractivity contribution >= 4 is 22.7 Å². The first-order valence-corrected chi connectivity index (χ1v) is 10.2. The lowest BCUT2D eigenvalue weighted by Crippen LogP contribution is -2.50. The Morgan fingerprint density at radius 1 is 1.16 bits per heavy atom. The summed E-state index contributed by atoms with van der Waals surface area (Å²) >= 11 is 0. The number of hydrogen-bond donors (Lipinski definition) is 2. The van der Waals surface area contributed by atoms with Gasteiger partial charge in [0.2, 0.25) is 0 Å². The molecule has 0 bridgehead atoms. The van der Waals surface area contributed by atoms with E-state index >= 15 is 0 Å². The van der Waals surface area contributed by atoms with Crippen molar-refractivity contribution in [1.29, 1.82) is 0 Å². The van der Waals surface area contributed by atoms with Gasteiger partial charge >= 0.3 is 0 Å². The van der Waals surface area contributed by atoms with Crippen molar-refractivity contribution in [1.82, 2.24) is 30.0 Å². The number of carbonyl (C=O) groups is 2. The van der Waals surface area contributed by atoms with Crippen LogP contribution < -0.4 is 5.32 Å². The van der Waals surface area contributed by atoms with Gasteiger partial charge in [-0.2, -0.15) is 5.10 Å². The molecule has 4 aromatic rings. The maximum atomic E-state index is 13.3. The first-order chi connectivity index (χ1) is 15.1. The van der Waals surface area contributed by atoms with Gasteiger partial charge in [-0.05, 0) is 29.7 Å². The van der Waals surface area contributed by atoms with E-state index in [0.717, 1.165) is 16.5 Å². The third-order valence-corrected chi connectivity index (χ3v) is 5.86. The molecule has 0 radical (unpaired) electrons. The lowest BCUT2D eigenvalue weighted by Gasteiger charge is -2.37. The summed E-state index contributed by atoms with van der Waals surface area (Å²) in [5.41, 5.74) is 3.69. The van der Waals surface area contributed by atoms with Crippen LogP contribution in [0, 0.1) is 0 Å². The molecular formula is C23H22N6O2. The number of imidazole rings is 1. The number of carbonyl (C=O) groups excluding carboxylic acids is 2. The predicted octanol–water partition coefficient (Wildman–Crippen LogP) is 2.29. The van der Waals surface area contributed by atoms with Gasteiger partial charge in [-0.1, -0.05) is 30.3 Å². The summed E-state index contributed by atoms with van der Waals surface area (Å²) < 4.78 is 1.72. The van der Waals surface area contributed by atoms with E-state index in [2.05, 4.69) is 26.6 Å². The summed E-state index contributed by atoms with van der Waals surface area (Å²) in [5, 5.41) is 10.7. The average molecular weight is 414 g/mol. The molecule has 1 unspecified atom stereocenters. The number of fused-ring (bicyclic) bond motifs is 2. The topological polar surface area (TPSA) is 95.9 Å². The molecule has 2 aromatic heterocycles. The van der Waals surface area contributed by atoms with Gasteiger partial charge in [0, 0.05) is 37.9 Å². The normalized spacial score (nSPS) is 15.6. The maximum Gasteiger partial charge on any atom is 0.290 e. The van der Waals surface area contributed by atoms with E-state index in [0.29, 0.717) is 30.9 Å². The molecule has 0 aliphatic carbocycles. The fraction of sp³-hybridized carbons (Fsp3) is 0.217. The highest BCUT2D eigenvalue weighted by molar-refractivity contribution is 6.06. The number of rotatable bonds is 4. The van der Waals surface area contributed by atoms with Crippen molar-refractivity contribution < 1.29 is 9.59 Å². The highest BCUT2D eigenvalue weighted by atomic mass is 16.2. The van der Waals surface area contributed by atoms with E-state index in [4.69, 9.17) is 0 Å². The van der Waals surface area contributed by atoms with E-state index in [1.165, 1.54) is 5.56 Å². The number of benzene rings is 2. The molecule has 2 amide bonds. The molecule has 2 N–H and O–H groups in total. The molecule has 8 heteroatoms. The number of aromatic nitrogens is 4. The van der Waals surface area contributed by atoms with E-state index in [9.17, 15) is 9.59 Å². The van der Waals surface area contributed by atoms with Crippen LogP contribution in [-0.2, 0) is 20.0 Å². The summed E-state index contributed by atoms with van der Waals surface area (Å²) in [4.78, 5) is 32.2. The standard InChI is InChI=1S/C23H22N6O2/c1-28-10-9-24-21(28)23(31)29-14-16-6-3-2-5-15(16)11-17(29)12-25-22(30)18-7-4-8-20-19(18)13-26-27-20/h2-10,13,17H,11-12,14H2,1H3,(H,25,30)(H,26,27). The second-order valence-electron chi connectivity index (χ2n) is 7.77. The summed E-state index contributed by atoms with van der Waals surface area (Å²) in [7, 11) is 1.81. The fourth-order valence-corrected chi connectivity index (χ4v) is 4.18. The van der Waals surface area contributed by atoms with Crippen LogP contribution in [0.4, 0.5) is 0 Å². The highest BCUT2D eigenvalue weighted by Gasteiger charge is 2.32. The molecule has 1 aliphatic heterocycles. The Hall–Kier alpha value is -3.94. The molecule has 1 atom stereocenters. The summed E-state index contributed by atoms with van der Waals surface area (Å²) in [5.74, 6) is 0.0623. The average Bonchev–Trinajstić information content (AvgIpc) is 3.45. The molecule has 8 nitrogen and oxygen atoms in total. The van der Waals surface area contributed by atoms with Crippen LogP contribution in [-0.4, -0.2) is 49.0 Å². The molecule has 3 heterocycles. The van der Waals surface area contributed by atoms with E-state index in [1.54, 1.807) is 36.3 Å². The maximum absolute atomic E-state index is 13.3. The quantitative estimate of drug-likeness (QED) is 0.536. The molecule has 0 spiro atoms. The second-order valence-corrected chi connectivity index (χ2v) is 7.77. The number of amides is 2. The lowest BCUT2D eigenvalue weighted by atomic mass is 9.93. The summed E-state index contributed by atoms with van der Waals surface area (Å²) in [6.07, 6.45) is 5.70. The minimum atomic E-state index is -0.185. The Bertz CT molecular complexity index is 1270. The molecule has 156 valence electrons. The predicted molar refractivity (Wildman–Crippen MR) is 115 cm³/mol.